The number of nitrogens with zero attached hydrogens (tertiary/aromatic N) is 2. The summed E-state index contributed by atoms with van der Waals surface area (Å²) in [6, 6.07) is 6.47. The van der Waals surface area contributed by atoms with Gasteiger partial charge >= 0.3 is 0 Å². The summed E-state index contributed by atoms with van der Waals surface area (Å²) < 4.78 is 0. The lowest BCUT2D eigenvalue weighted by Crippen LogP contribution is -2.49. The number of rotatable bonds is 8. The maximum atomic E-state index is 12.2. The molecular formula is C21H33N3O2. The molecule has 0 saturated carbocycles. The van der Waals surface area contributed by atoms with Gasteiger partial charge in [-0.15, -0.1) is 0 Å². The number of amides is 2. The summed E-state index contributed by atoms with van der Waals surface area (Å²) in [7, 11) is 0. The van der Waals surface area contributed by atoms with Crippen molar-refractivity contribution in [3.8, 4) is 0 Å². The van der Waals surface area contributed by atoms with E-state index in [4.69, 9.17) is 0 Å². The van der Waals surface area contributed by atoms with Gasteiger partial charge in [0.05, 0.1) is 0 Å². The molecule has 0 radical (unpaired) electrons. The Labute approximate surface area is 157 Å². The zero-order valence-corrected chi connectivity index (χ0v) is 16.5. The van der Waals surface area contributed by atoms with Crippen molar-refractivity contribution in [1.82, 2.24) is 15.1 Å². The van der Waals surface area contributed by atoms with Crippen LogP contribution in [-0.4, -0.2) is 60.9 Å². The third-order valence-electron chi connectivity index (χ3n) is 5.27. The second-order valence-electron chi connectivity index (χ2n) is 7.19. The van der Waals surface area contributed by atoms with Crippen molar-refractivity contribution < 1.29 is 9.59 Å². The van der Waals surface area contributed by atoms with Gasteiger partial charge in [-0.3, -0.25) is 9.59 Å². The number of hydrogen-bond acceptors (Lipinski definition) is 3. The van der Waals surface area contributed by atoms with Crippen LogP contribution in [0.3, 0.4) is 0 Å². The molecule has 0 aliphatic carbocycles. The monoisotopic (exact) mass is 359 g/mol. The quantitative estimate of drug-likeness (QED) is 0.775. The highest BCUT2D eigenvalue weighted by molar-refractivity contribution is 5.79. The van der Waals surface area contributed by atoms with Crippen LogP contribution in [0.1, 0.15) is 42.9 Å². The molecule has 1 heterocycles. The maximum absolute atomic E-state index is 12.2. The van der Waals surface area contributed by atoms with Crippen molar-refractivity contribution >= 4 is 11.8 Å². The van der Waals surface area contributed by atoms with Gasteiger partial charge in [-0.05, 0) is 49.9 Å². The zero-order chi connectivity index (χ0) is 18.9. The Morgan fingerprint density at radius 3 is 2.42 bits per heavy atom. The molecule has 26 heavy (non-hydrogen) atoms. The minimum absolute atomic E-state index is 0.0393. The first-order chi connectivity index (χ1) is 12.5. The summed E-state index contributed by atoms with van der Waals surface area (Å²) in [5.74, 6) is 0.189. The molecule has 1 aromatic rings. The van der Waals surface area contributed by atoms with E-state index >= 15 is 0 Å². The minimum atomic E-state index is 0.0393. The van der Waals surface area contributed by atoms with Crippen molar-refractivity contribution in [3.63, 3.8) is 0 Å². The van der Waals surface area contributed by atoms with Gasteiger partial charge < -0.3 is 15.1 Å². The van der Waals surface area contributed by atoms with E-state index in [9.17, 15) is 9.59 Å². The maximum Gasteiger partial charge on any atom is 0.224 e. The number of aryl methyl sites for hydroxylation is 3. The van der Waals surface area contributed by atoms with E-state index in [1.165, 1.54) is 16.7 Å². The van der Waals surface area contributed by atoms with E-state index in [-0.39, 0.29) is 11.8 Å². The SMILES string of the molecule is CCN1CCN(C(=O)CCNC(=O)CCCc2ccc(C)c(C)c2)CC1. The van der Waals surface area contributed by atoms with Crippen LogP contribution in [0.25, 0.3) is 0 Å². The molecule has 5 nitrogen and oxygen atoms in total. The van der Waals surface area contributed by atoms with Crippen LogP contribution < -0.4 is 5.32 Å². The van der Waals surface area contributed by atoms with Crippen LogP contribution >= 0.6 is 0 Å². The molecule has 144 valence electrons. The molecule has 0 aromatic heterocycles. The van der Waals surface area contributed by atoms with Crippen molar-refractivity contribution in [2.24, 2.45) is 0 Å². The Morgan fingerprint density at radius 2 is 1.77 bits per heavy atom. The average Bonchev–Trinajstić information content (AvgIpc) is 2.64. The fourth-order valence-corrected chi connectivity index (χ4v) is 3.28. The number of nitrogens with one attached hydrogen (secondary N) is 1. The number of carbonyl (C=O) groups is 2. The number of benzene rings is 1. The van der Waals surface area contributed by atoms with Gasteiger partial charge in [0.2, 0.25) is 11.8 Å². The van der Waals surface area contributed by atoms with E-state index in [0.717, 1.165) is 45.6 Å². The van der Waals surface area contributed by atoms with Gasteiger partial charge in [0.1, 0.15) is 0 Å². The normalized spacial score (nSPS) is 15.1. The molecule has 1 aliphatic heterocycles. The summed E-state index contributed by atoms with van der Waals surface area (Å²) in [6.07, 6.45) is 2.65. The molecule has 1 N–H and O–H groups in total. The topological polar surface area (TPSA) is 52.6 Å². The van der Waals surface area contributed by atoms with Gasteiger partial charge in [-0.1, -0.05) is 25.1 Å². The zero-order valence-electron chi connectivity index (χ0n) is 16.5. The third-order valence-corrected chi connectivity index (χ3v) is 5.27. The molecule has 0 atom stereocenters. The first-order valence-electron chi connectivity index (χ1n) is 9.82. The molecule has 1 fully saturated rings. The number of likely N-dealkylation sites (N-methyl/N-ethyl adjacent to an activating group) is 1. The van der Waals surface area contributed by atoms with E-state index in [2.05, 4.69) is 49.2 Å². The lowest BCUT2D eigenvalue weighted by Gasteiger charge is -2.34. The van der Waals surface area contributed by atoms with Crippen molar-refractivity contribution in [2.75, 3.05) is 39.3 Å². The third kappa shape index (κ3) is 6.45. The summed E-state index contributed by atoms with van der Waals surface area (Å²) in [5.41, 5.74) is 3.87. The largest absolute Gasteiger partial charge is 0.356 e. The van der Waals surface area contributed by atoms with Gasteiger partial charge in [-0.2, -0.15) is 0 Å². The van der Waals surface area contributed by atoms with Crippen LogP contribution in [0.2, 0.25) is 0 Å². The Hall–Kier alpha value is -1.88. The van der Waals surface area contributed by atoms with Crippen molar-refractivity contribution in [1.29, 1.82) is 0 Å². The van der Waals surface area contributed by atoms with E-state index < -0.39 is 0 Å². The van der Waals surface area contributed by atoms with Crippen molar-refractivity contribution in [2.45, 2.75) is 46.5 Å². The predicted molar refractivity (Wildman–Crippen MR) is 105 cm³/mol. The van der Waals surface area contributed by atoms with E-state index in [1.807, 2.05) is 4.90 Å². The van der Waals surface area contributed by atoms with Crippen LogP contribution in [0, 0.1) is 13.8 Å². The number of carbonyl (C=O) groups excluding carboxylic acids is 2. The van der Waals surface area contributed by atoms with E-state index in [1.54, 1.807) is 0 Å². The van der Waals surface area contributed by atoms with Gasteiger partial charge in [0.25, 0.3) is 0 Å². The van der Waals surface area contributed by atoms with Crippen LogP contribution in [-0.2, 0) is 16.0 Å². The molecule has 0 bridgehead atoms. The molecule has 1 aromatic carbocycles. The Balaban J connectivity index is 1.58. The van der Waals surface area contributed by atoms with Gasteiger partial charge in [-0.25, -0.2) is 0 Å². The Kier molecular flexibility index (Phi) is 8.10. The fourth-order valence-electron chi connectivity index (χ4n) is 3.28. The van der Waals surface area contributed by atoms with E-state index in [0.29, 0.717) is 19.4 Å². The summed E-state index contributed by atoms with van der Waals surface area (Å²) >= 11 is 0. The standard InChI is InChI=1S/C21H33N3O2/c1-4-23-12-14-24(15-13-23)21(26)10-11-22-20(25)7-5-6-19-9-8-17(2)18(3)16-19/h8-9,16H,4-7,10-15H2,1-3H3,(H,22,25). The number of piperazine rings is 1. The first-order valence-corrected chi connectivity index (χ1v) is 9.82. The lowest BCUT2D eigenvalue weighted by atomic mass is 10.0. The minimum Gasteiger partial charge on any atom is -0.356 e. The first kappa shape index (κ1) is 20.4. The molecule has 1 aliphatic rings. The summed E-state index contributed by atoms with van der Waals surface area (Å²) in [4.78, 5) is 28.4. The molecule has 5 heteroatoms. The summed E-state index contributed by atoms with van der Waals surface area (Å²) in [5, 5.41) is 2.88. The second kappa shape index (κ2) is 10.3. The molecular weight excluding hydrogens is 326 g/mol. The van der Waals surface area contributed by atoms with Gasteiger partial charge in [0.15, 0.2) is 0 Å². The lowest BCUT2D eigenvalue weighted by molar-refractivity contribution is -0.132. The van der Waals surface area contributed by atoms with Crippen LogP contribution in [0.4, 0.5) is 0 Å². The van der Waals surface area contributed by atoms with Crippen LogP contribution in [0.15, 0.2) is 18.2 Å². The highest BCUT2D eigenvalue weighted by Gasteiger charge is 2.19. The molecule has 1 saturated heterocycles. The van der Waals surface area contributed by atoms with Crippen molar-refractivity contribution in [3.05, 3.63) is 34.9 Å². The highest BCUT2D eigenvalue weighted by Crippen LogP contribution is 2.12. The molecule has 0 unspecified atom stereocenters. The predicted octanol–water partition coefficient (Wildman–Crippen LogP) is 2.30. The highest BCUT2D eigenvalue weighted by atomic mass is 16.2. The molecule has 2 amide bonds. The summed E-state index contributed by atoms with van der Waals surface area (Å²) in [6.45, 7) is 11.4. The smallest absolute Gasteiger partial charge is 0.224 e. The fraction of sp³-hybridized carbons (Fsp3) is 0.619. The average molecular weight is 360 g/mol. The Morgan fingerprint density at radius 1 is 1.04 bits per heavy atom. The second-order valence-corrected chi connectivity index (χ2v) is 7.19. The Bertz CT molecular complexity index is 607. The van der Waals surface area contributed by atoms with Crippen LogP contribution in [0.5, 0.6) is 0 Å². The molecule has 0 spiro atoms. The van der Waals surface area contributed by atoms with Gasteiger partial charge in [0, 0.05) is 45.6 Å². The molecule has 2 rings (SSSR count). The number of hydrogen-bond donors (Lipinski definition) is 1.